The highest BCUT2D eigenvalue weighted by atomic mass is 16.5. The van der Waals surface area contributed by atoms with Gasteiger partial charge in [-0.15, -0.1) is 0 Å². The van der Waals surface area contributed by atoms with Crippen LogP contribution in [0.3, 0.4) is 0 Å². The van der Waals surface area contributed by atoms with Crippen molar-refractivity contribution in [2.24, 2.45) is 0 Å². The van der Waals surface area contributed by atoms with Crippen molar-refractivity contribution < 1.29 is 28.6 Å². The fourth-order valence-electron chi connectivity index (χ4n) is 2.82. The van der Waals surface area contributed by atoms with Crippen LogP contribution in [0.2, 0.25) is 0 Å². The van der Waals surface area contributed by atoms with Gasteiger partial charge < -0.3 is 24.9 Å². The minimum atomic E-state index is -1.17. The van der Waals surface area contributed by atoms with Crippen molar-refractivity contribution in [2.45, 2.75) is 26.7 Å². The lowest BCUT2D eigenvalue weighted by Crippen LogP contribution is -2.39. The molecular formula is C19H22N2O7. The third kappa shape index (κ3) is 4.87. The number of carboxylic acids is 1. The number of hydrogen-bond acceptors (Lipinski definition) is 6. The molecule has 9 nitrogen and oxygen atoms in total. The molecule has 1 heterocycles. The van der Waals surface area contributed by atoms with E-state index in [9.17, 15) is 19.2 Å². The van der Waals surface area contributed by atoms with E-state index in [0.29, 0.717) is 16.9 Å². The lowest BCUT2D eigenvalue weighted by molar-refractivity contribution is -0.137. The Morgan fingerprint density at radius 3 is 2.39 bits per heavy atom. The maximum Gasteiger partial charge on any atom is 0.339 e. The topological polar surface area (TPSA) is 135 Å². The molecular weight excluding hydrogens is 368 g/mol. The highest BCUT2D eigenvalue weighted by Crippen LogP contribution is 2.29. The van der Waals surface area contributed by atoms with Crippen molar-refractivity contribution in [3.8, 4) is 5.75 Å². The van der Waals surface area contributed by atoms with E-state index in [1.165, 1.54) is 7.11 Å². The molecule has 150 valence electrons. The van der Waals surface area contributed by atoms with Crippen molar-refractivity contribution in [1.29, 1.82) is 0 Å². The molecule has 0 fully saturated rings. The summed E-state index contributed by atoms with van der Waals surface area (Å²) in [5.74, 6) is -1.61. The average Bonchev–Trinajstić information content (AvgIpc) is 2.65. The molecule has 2 amide bonds. The summed E-state index contributed by atoms with van der Waals surface area (Å²) >= 11 is 0. The number of benzene rings is 1. The molecule has 0 aliphatic heterocycles. The van der Waals surface area contributed by atoms with E-state index in [1.807, 2.05) is 0 Å². The first-order valence-corrected chi connectivity index (χ1v) is 8.59. The normalized spacial score (nSPS) is 10.5. The predicted octanol–water partition coefficient (Wildman–Crippen LogP) is 0.668. The molecule has 2 aromatic rings. The van der Waals surface area contributed by atoms with Crippen LogP contribution in [0.1, 0.15) is 23.1 Å². The summed E-state index contributed by atoms with van der Waals surface area (Å²) in [5.41, 5.74) is 1.77. The number of fused-ring (bicyclic) bond motifs is 1. The van der Waals surface area contributed by atoms with E-state index >= 15 is 0 Å². The third-order valence-corrected chi connectivity index (χ3v) is 4.36. The molecule has 2 rings (SSSR count). The van der Waals surface area contributed by atoms with E-state index < -0.39 is 30.0 Å². The van der Waals surface area contributed by atoms with Crippen LogP contribution in [0.15, 0.2) is 21.3 Å². The maximum absolute atomic E-state index is 12.4. The van der Waals surface area contributed by atoms with Crippen LogP contribution in [0, 0.1) is 13.8 Å². The number of rotatable bonds is 8. The second-order valence-electron chi connectivity index (χ2n) is 6.21. The highest BCUT2D eigenvalue weighted by Gasteiger charge is 2.16. The van der Waals surface area contributed by atoms with E-state index in [2.05, 4.69) is 10.6 Å². The minimum Gasteiger partial charge on any atom is -0.496 e. The van der Waals surface area contributed by atoms with Crippen molar-refractivity contribution in [1.82, 2.24) is 10.6 Å². The Labute approximate surface area is 160 Å². The summed E-state index contributed by atoms with van der Waals surface area (Å²) in [5, 5.41) is 13.8. The smallest absolute Gasteiger partial charge is 0.339 e. The average molecular weight is 390 g/mol. The van der Waals surface area contributed by atoms with Gasteiger partial charge in [0.2, 0.25) is 11.8 Å². The Morgan fingerprint density at radius 1 is 1.07 bits per heavy atom. The van der Waals surface area contributed by atoms with E-state index in [1.54, 1.807) is 26.0 Å². The SMILES string of the molecule is COc1ccc2c(C)c(CCC(=O)NCC(=O)NCC(=O)O)c(=O)oc2c1C. The van der Waals surface area contributed by atoms with Crippen LogP contribution in [0.4, 0.5) is 0 Å². The number of carboxylic acid groups (broad SMARTS) is 1. The molecule has 0 aliphatic carbocycles. The van der Waals surface area contributed by atoms with Gasteiger partial charge >= 0.3 is 11.6 Å². The number of carbonyl (C=O) groups excluding carboxylic acids is 2. The predicted molar refractivity (Wildman–Crippen MR) is 100 cm³/mol. The van der Waals surface area contributed by atoms with Crippen molar-refractivity contribution in [3.63, 3.8) is 0 Å². The van der Waals surface area contributed by atoms with Gasteiger partial charge in [0, 0.05) is 22.9 Å². The Bertz CT molecular complexity index is 978. The number of methoxy groups -OCH3 is 1. The molecule has 0 radical (unpaired) electrons. The number of aryl methyl sites for hydroxylation is 2. The zero-order valence-electron chi connectivity index (χ0n) is 15.9. The van der Waals surface area contributed by atoms with Gasteiger partial charge in [0.1, 0.15) is 17.9 Å². The molecule has 1 aromatic carbocycles. The van der Waals surface area contributed by atoms with Gasteiger partial charge in [-0.2, -0.15) is 0 Å². The number of ether oxygens (including phenoxy) is 1. The Kier molecular flexibility index (Phi) is 6.75. The summed E-state index contributed by atoms with van der Waals surface area (Å²) in [6.45, 7) is 2.73. The van der Waals surface area contributed by atoms with Crippen LogP contribution >= 0.6 is 0 Å². The summed E-state index contributed by atoms with van der Waals surface area (Å²) in [7, 11) is 1.54. The van der Waals surface area contributed by atoms with Crippen LogP contribution in [0.5, 0.6) is 5.75 Å². The second-order valence-corrected chi connectivity index (χ2v) is 6.21. The summed E-state index contributed by atoms with van der Waals surface area (Å²) in [6.07, 6.45) is 0.135. The van der Waals surface area contributed by atoms with Gasteiger partial charge in [-0.3, -0.25) is 14.4 Å². The van der Waals surface area contributed by atoms with Crippen LogP contribution < -0.4 is 21.0 Å². The van der Waals surface area contributed by atoms with Gasteiger partial charge in [0.25, 0.3) is 0 Å². The molecule has 0 saturated carbocycles. The summed E-state index contributed by atoms with van der Waals surface area (Å²) in [4.78, 5) is 46.1. The first-order chi connectivity index (χ1) is 13.2. The van der Waals surface area contributed by atoms with Crippen LogP contribution in [-0.2, 0) is 20.8 Å². The Morgan fingerprint density at radius 2 is 1.75 bits per heavy atom. The molecule has 0 atom stereocenters. The first kappa shape index (κ1) is 20.9. The number of carbonyl (C=O) groups is 3. The number of hydrogen-bond donors (Lipinski definition) is 3. The zero-order valence-corrected chi connectivity index (χ0v) is 15.9. The van der Waals surface area contributed by atoms with Crippen LogP contribution in [0.25, 0.3) is 11.0 Å². The second kappa shape index (κ2) is 9.03. The first-order valence-electron chi connectivity index (χ1n) is 8.59. The summed E-state index contributed by atoms with van der Waals surface area (Å²) in [6, 6.07) is 3.59. The van der Waals surface area contributed by atoms with Gasteiger partial charge in [-0.1, -0.05) is 0 Å². The molecule has 0 bridgehead atoms. The molecule has 0 saturated heterocycles. The molecule has 9 heteroatoms. The monoisotopic (exact) mass is 390 g/mol. The van der Waals surface area contributed by atoms with Crippen LogP contribution in [-0.4, -0.2) is 43.1 Å². The largest absolute Gasteiger partial charge is 0.496 e. The molecule has 28 heavy (non-hydrogen) atoms. The van der Waals surface area contributed by atoms with Crippen molar-refractivity contribution in [2.75, 3.05) is 20.2 Å². The fourth-order valence-corrected chi connectivity index (χ4v) is 2.82. The van der Waals surface area contributed by atoms with E-state index in [4.69, 9.17) is 14.3 Å². The van der Waals surface area contributed by atoms with E-state index in [0.717, 1.165) is 16.5 Å². The minimum absolute atomic E-state index is 0.0154. The van der Waals surface area contributed by atoms with E-state index in [-0.39, 0.29) is 19.4 Å². The van der Waals surface area contributed by atoms with Crippen molar-refractivity contribution in [3.05, 3.63) is 39.2 Å². The molecule has 0 unspecified atom stereocenters. The molecule has 0 aliphatic rings. The Balaban J connectivity index is 2.06. The molecule has 0 spiro atoms. The number of aliphatic carboxylic acids is 1. The Hall–Kier alpha value is -3.36. The third-order valence-electron chi connectivity index (χ3n) is 4.36. The lowest BCUT2D eigenvalue weighted by atomic mass is 10.0. The zero-order chi connectivity index (χ0) is 20.8. The van der Waals surface area contributed by atoms with Gasteiger partial charge in [0.05, 0.1) is 13.7 Å². The highest BCUT2D eigenvalue weighted by molar-refractivity contribution is 5.87. The van der Waals surface area contributed by atoms with Gasteiger partial charge in [-0.05, 0) is 38.0 Å². The number of nitrogens with one attached hydrogen (secondary N) is 2. The fraction of sp³-hybridized carbons (Fsp3) is 0.368. The molecule has 3 N–H and O–H groups in total. The van der Waals surface area contributed by atoms with Gasteiger partial charge in [-0.25, -0.2) is 4.79 Å². The quantitative estimate of drug-likeness (QED) is 0.564. The van der Waals surface area contributed by atoms with Crippen molar-refractivity contribution >= 4 is 28.8 Å². The summed E-state index contributed by atoms with van der Waals surface area (Å²) < 4.78 is 10.7. The molecule has 1 aromatic heterocycles. The lowest BCUT2D eigenvalue weighted by Gasteiger charge is -2.11. The standard InChI is InChI=1S/C19H22N2O7/c1-10-12-4-6-14(27-3)11(2)18(12)28-19(26)13(10)5-7-15(22)20-8-16(23)21-9-17(24)25/h4,6H,5,7-9H2,1-3H3,(H,20,22)(H,21,23)(H,24,25). The van der Waals surface area contributed by atoms with Gasteiger partial charge in [0.15, 0.2) is 0 Å². The maximum atomic E-state index is 12.4. The number of amides is 2.